The molecule has 0 aliphatic heterocycles. The van der Waals surface area contributed by atoms with Gasteiger partial charge in [0, 0.05) is 25.2 Å². The minimum atomic E-state index is -3.74. The van der Waals surface area contributed by atoms with Crippen molar-refractivity contribution in [1.29, 1.82) is 0 Å². The molecule has 0 saturated heterocycles. The Morgan fingerprint density at radius 2 is 1.88 bits per heavy atom. The van der Waals surface area contributed by atoms with Gasteiger partial charge < -0.3 is 14.8 Å². The molecule has 1 aromatic heterocycles. The number of carbonyl (C=O) groups is 1. The quantitative estimate of drug-likeness (QED) is 0.401. The van der Waals surface area contributed by atoms with Crippen molar-refractivity contribution >= 4 is 27.3 Å². The van der Waals surface area contributed by atoms with Gasteiger partial charge in [-0.2, -0.15) is 0 Å². The molecule has 142 valence electrons. The molecule has 0 radical (unpaired) electrons. The second-order valence-corrected chi connectivity index (χ2v) is 9.01. The summed E-state index contributed by atoms with van der Waals surface area (Å²) in [6.07, 6.45) is 7.32. The topological polar surface area (TPSA) is 93.7 Å². The maximum absolute atomic E-state index is 12.5. The Labute approximate surface area is 153 Å². The van der Waals surface area contributed by atoms with Crippen molar-refractivity contribution < 1.29 is 22.7 Å². The fourth-order valence-corrected chi connectivity index (χ4v) is 5.47. The standard InChI is InChI=1S/C16H26N2O5S2/c1-22-13-11-14(15(19)23-2)24-16(13)25(20,21)18-10-9-17-12-7-5-3-4-6-8-12/h11-12,17-18H,3-10H2,1-2H3. The van der Waals surface area contributed by atoms with Crippen LogP contribution in [0.3, 0.4) is 0 Å². The van der Waals surface area contributed by atoms with Crippen molar-refractivity contribution in [2.24, 2.45) is 0 Å². The van der Waals surface area contributed by atoms with Crippen molar-refractivity contribution in [2.75, 3.05) is 27.3 Å². The van der Waals surface area contributed by atoms with E-state index in [2.05, 4.69) is 14.8 Å². The molecular formula is C16H26N2O5S2. The van der Waals surface area contributed by atoms with Gasteiger partial charge in [0.25, 0.3) is 10.0 Å². The van der Waals surface area contributed by atoms with Crippen LogP contribution >= 0.6 is 11.3 Å². The molecule has 0 unspecified atom stereocenters. The second kappa shape index (κ2) is 9.51. The van der Waals surface area contributed by atoms with Gasteiger partial charge in [-0.15, -0.1) is 11.3 Å². The maximum Gasteiger partial charge on any atom is 0.348 e. The molecule has 1 aliphatic rings. The lowest BCUT2D eigenvalue weighted by atomic mass is 10.1. The number of methoxy groups -OCH3 is 2. The molecule has 2 N–H and O–H groups in total. The normalized spacial score (nSPS) is 16.4. The summed E-state index contributed by atoms with van der Waals surface area (Å²) in [6, 6.07) is 1.85. The highest BCUT2D eigenvalue weighted by atomic mass is 32.2. The summed E-state index contributed by atoms with van der Waals surface area (Å²) in [4.78, 5) is 11.8. The number of ether oxygens (including phenoxy) is 2. The molecule has 0 atom stereocenters. The Balaban J connectivity index is 1.92. The largest absolute Gasteiger partial charge is 0.494 e. The van der Waals surface area contributed by atoms with Crippen LogP contribution in [0.15, 0.2) is 10.3 Å². The van der Waals surface area contributed by atoms with E-state index in [4.69, 9.17) is 4.74 Å². The number of nitrogens with one attached hydrogen (secondary N) is 2. The maximum atomic E-state index is 12.5. The van der Waals surface area contributed by atoms with Gasteiger partial charge in [0.15, 0.2) is 9.96 Å². The number of rotatable bonds is 8. The van der Waals surface area contributed by atoms with Crippen LogP contribution < -0.4 is 14.8 Å². The van der Waals surface area contributed by atoms with Gasteiger partial charge in [0.2, 0.25) is 0 Å². The fourth-order valence-electron chi connectivity index (χ4n) is 2.90. The molecule has 0 amide bonds. The smallest absolute Gasteiger partial charge is 0.348 e. The molecule has 1 aliphatic carbocycles. The molecule has 25 heavy (non-hydrogen) atoms. The molecule has 0 bridgehead atoms. The summed E-state index contributed by atoms with van der Waals surface area (Å²) in [6.45, 7) is 0.856. The molecule has 0 aromatic carbocycles. The SMILES string of the molecule is COC(=O)c1cc(OC)c(S(=O)(=O)NCCNC2CCCCCC2)s1. The fraction of sp³-hybridized carbons (Fsp3) is 0.688. The molecule has 1 fully saturated rings. The second-order valence-electron chi connectivity index (χ2n) is 6.00. The van der Waals surface area contributed by atoms with Crippen LogP contribution in [-0.2, 0) is 14.8 Å². The van der Waals surface area contributed by atoms with Crippen LogP contribution in [0.4, 0.5) is 0 Å². The third kappa shape index (κ3) is 5.67. The van der Waals surface area contributed by atoms with E-state index in [1.165, 1.54) is 46.0 Å². The van der Waals surface area contributed by atoms with Gasteiger partial charge >= 0.3 is 5.97 Å². The first-order valence-electron chi connectivity index (χ1n) is 8.47. The Morgan fingerprint density at radius 1 is 1.20 bits per heavy atom. The van der Waals surface area contributed by atoms with Crippen molar-refractivity contribution in [2.45, 2.75) is 48.8 Å². The predicted molar refractivity (Wildman–Crippen MR) is 96.9 cm³/mol. The summed E-state index contributed by atoms with van der Waals surface area (Å²) >= 11 is 0.842. The van der Waals surface area contributed by atoms with E-state index in [1.807, 2.05) is 0 Å². The Bertz CT molecular complexity index is 664. The van der Waals surface area contributed by atoms with E-state index in [9.17, 15) is 13.2 Å². The minimum absolute atomic E-state index is 0.00938. The zero-order chi connectivity index (χ0) is 18.3. The monoisotopic (exact) mass is 390 g/mol. The van der Waals surface area contributed by atoms with Crippen LogP contribution in [0.2, 0.25) is 0 Å². The minimum Gasteiger partial charge on any atom is -0.494 e. The number of carbonyl (C=O) groups excluding carboxylic acids is 1. The summed E-state index contributed by atoms with van der Waals surface area (Å²) in [5.41, 5.74) is 0. The van der Waals surface area contributed by atoms with Gasteiger partial charge in [0.1, 0.15) is 4.88 Å². The van der Waals surface area contributed by atoms with Gasteiger partial charge in [-0.05, 0) is 12.8 Å². The molecular weight excluding hydrogens is 364 g/mol. The van der Waals surface area contributed by atoms with E-state index >= 15 is 0 Å². The van der Waals surface area contributed by atoms with Crippen LogP contribution in [0.25, 0.3) is 0 Å². The van der Waals surface area contributed by atoms with E-state index in [-0.39, 0.29) is 21.4 Å². The first kappa shape index (κ1) is 20.2. The third-order valence-corrected chi connectivity index (χ3v) is 7.29. The highest BCUT2D eigenvalue weighted by molar-refractivity contribution is 7.91. The number of sulfonamides is 1. The molecule has 1 heterocycles. The number of hydrogen-bond acceptors (Lipinski definition) is 7. The molecule has 1 aromatic rings. The first-order chi connectivity index (χ1) is 12.0. The summed E-state index contributed by atoms with van der Waals surface area (Å²) < 4.78 is 37.2. The lowest BCUT2D eigenvalue weighted by Crippen LogP contribution is -2.36. The molecule has 9 heteroatoms. The van der Waals surface area contributed by atoms with Gasteiger partial charge in [0.05, 0.1) is 14.2 Å². The van der Waals surface area contributed by atoms with E-state index in [0.29, 0.717) is 12.6 Å². The highest BCUT2D eigenvalue weighted by Gasteiger charge is 2.25. The zero-order valence-corrected chi connectivity index (χ0v) is 16.3. The van der Waals surface area contributed by atoms with Crippen LogP contribution in [0.5, 0.6) is 5.75 Å². The van der Waals surface area contributed by atoms with E-state index < -0.39 is 16.0 Å². The van der Waals surface area contributed by atoms with Gasteiger partial charge in [-0.25, -0.2) is 17.9 Å². The number of hydrogen-bond donors (Lipinski definition) is 2. The summed E-state index contributed by atoms with van der Waals surface area (Å²) in [7, 11) is -1.12. The van der Waals surface area contributed by atoms with Crippen molar-refractivity contribution in [3.05, 3.63) is 10.9 Å². The first-order valence-corrected chi connectivity index (χ1v) is 10.8. The Morgan fingerprint density at radius 3 is 2.48 bits per heavy atom. The summed E-state index contributed by atoms with van der Waals surface area (Å²) in [5.74, 6) is -0.436. The zero-order valence-electron chi connectivity index (χ0n) is 14.7. The average molecular weight is 391 g/mol. The van der Waals surface area contributed by atoms with Crippen molar-refractivity contribution in [3.8, 4) is 5.75 Å². The molecule has 1 saturated carbocycles. The van der Waals surface area contributed by atoms with Gasteiger partial charge in [-0.3, -0.25) is 0 Å². The average Bonchev–Trinajstić information content (AvgIpc) is 2.89. The highest BCUT2D eigenvalue weighted by Crippen LogP contribution is 2.33. The van der Waals surface area contributed by atoms with Crippen LogP contribution in [0.1, 0.15) is 48.2 Å². The van der Waals surface area contributed by atoms with E-state index in [0.717, 1.165) is 24.2 Å². The summed E-state index contributed by atoms with van der Waals surface area (Å²) in [5, 5.41) is 3.42. The third-order valence-electron chi connectivity index (χ3n) is 4.22. The Hall–Kier alpha value is -1.16. The Kier molecular flexibility index (Phi) is 7.67. The number of esters is 1. The number of thiophene rings is 1. The predicted octanol–water partition coefficient (Wildman–Crippen LogP) is 2.13. The molecule has 0 spiro atoms. The van der Waals surface area contributed by atoms with E-state index in [1.54, 1.807) is 0 Å². The van der Waals surface area contributed by atoms with Gasteiger partial charge in [-0.1, -0.05) is 25.7 Å². The molecule has 2 rings (SSSR count). The van der Waals surface area contributed by atoms with Crippen LogP contribution in [0, 0.1) is 0 Å². The van der Waals surface area contributed by atoms with Crippen molar-refractivity contribution in [1.82, 2.24) is 10.0 Å². The van der Waals surface area contributed by atoms with Crippen LogP contribution in [-0.4, -0.2) is 47.7 Å². The lowest BCUT2D eigenvalue weighted by Gasteiger charge is -2.16. The lowest BCUT2D eigenvalue weighted by molar-refractivity contribution is 0.0606. The molecule has 7 nitrogen and oxygen atoms in total. The van der Waals surface area contributed by atoms with Crippen molar-refractivity contribution in [3.63, 3.8) is 0 Å².